The number of allylic oxidation sites excluding steroid dienone is 2. The molecule has 0 spiro atoms. The first kappa shape index (κ1) is 17.1. The largest absolute Gasteiger partial charge is 0.387 e. The molecule has 1 amide bonds. The second-order valence-electron chi connectivity index (χ2n) is 6.18. The molecule has 0 saturated heterocycles. The van der Waals surface area contributed by atoms with Gasteiger partial charge < -0.3 is 5.73 Å². The quantitative estimate of drug-likeness (QED) is 0.487. The topological polar surface area (TPSA) is 98.2 Å². The van der Waals surface area contributed by atoms with Crippen LogP contribution in [0, 0.1) is 12.3 Å². The van der Waals surface area contributed by atoms with E-state index in [4.69, 9.17) is 5.73 Å². The van der Waals surface area contributed by atoms with Crippen molar-refractivity contribution in [2.24, 2.45) is 16.1 Å². The Morgan fingerprint density at radius 2 is 2.32 bits per heavy atom. The maximum Gasteiger partial charge on any atom is 0.333 e. The van der Waals surface area contributed by atoms with Gasteiger partial charge in [0.05, 0.1) is 16.3 Å². The molecule has 3 rings (SSSR count). The average Bonchev–Trinajstić information content (AvgIpc) is 3.00. The average molecular weight is 356 g/mol. The molecule has 3 N–H and O–H groups in total. The Morgan fingerprint density at radius 1 is 1.56 bits per heavy atom. The molecule has 1 aliphatic carbocycles. The Balaban J connectivity index is 1.85. The van der Waals surface area contributed by atoms with E-state index >= 15 is 0 Å². The molecule has 2 aromatic heterocycles. The highest BCUT2D eigenvalue weighted by molar-refractivity contribution is 7.17. The molecule has 1 aliphatic rings. The summed E-state index contributed by atoms with van der Waals surface area (Å²) in [6.07, 6.45) is 10.1. The summed E-state index contributed by atoms with van der Waals surface area (Å²) in [5, 5.41) is 3.25. The van der Waals surface area contributed by atoms with Crippen LogP contribution in [0.3, 0.4) is 0 Å². The van der Waals surface area contributed by atoms with Gasteiger partial charge in [-0.25, -0.2) is 19.8 Å². The fourth-order valence-corrected chi connectivity index (χ4v) is 3.13. The fraction of sp³-hybridized carbons (Fsp3) is 0.294. The van der Waals surface area contributed by atoms with Crippen LogP contribution in [0.15, 0.2) is 42.4 Å². The number of nitrogens with zero attached hydrogens (tertiary/aromatic N) is 4. The number of nitrogens with one attached hydrogen (secondary N) is 1. The van der Waals surface area contributed by atoms with Gasteiger partial charge in [-0.05, 0) is 25.8 Å². The van der Waals surface area contributed by atoms with Crippen LogP contribution in [-0.2, 0) is 0 Å². The number of rotatable bonds is 5. The molecule has 0 aliphatic heterocycles. The molecule has 0 atom stereocenters. The van der Waals surface area contributed by atoms with Crippen molar-refractivity contribution >= 4 is 34.0 Å². The van der Waals surface area contributed by atoms with Gasteiger partial charge in [0.1, 0.15) is 12.2 Å². The van der Waals surface area contributed by atoms with Gasteiger partial charge in [0.25, 0.3) is 0 Å². The number of imidazole rings is 1. The van der Waals surface area contributed by atoms with E-state index in [0.29, 0.717) is 16.7 Å². The molecule has 7 nitrogen and oxygen atoms in total. The molecule has 1 fully saturated rings. The Labute approximate surface area is 150 Å². The predicted molar refractivity (Wildman–Crippen MR) is 101 cm³/mol. The second-order valence-corrected chi connectivity index (χ2v) is 7.18. The number of aliphatic imine (C=N–C) groups is 1. The monoisotopic (exact) mass is 356 g/mol. The third-order valence-electron chi connectivity index (χ3n) is 4.12. The number of carbonyl (C=O) groups is 1. The van der Waals surface area contributed by atoms with Gasteiger partial charge in [0.15, 0.2) is 5.13 Å². The van der Waals surface area contributed by atoms with Crippen molar-refractivity contribution in [1.82, 2.24) is 14.5 Å². The van der Waals surface area contributed by atoms with Gasteiger partial charge in [-0.2, -0.15) is 0 Å². The number of aryl methyl sites for hydroxylation is 1. The molecule has 0 unspecified atom stereocenters. The van der Waals surface area contributed by atoms with Crippen LogP contribution in [0.2, 0.25) is 0 Å². The lowest BCUT2D eigenvalue weighted by Gasteiger charge is -2.08. The van der Waals surface area contributed by atoms with Crippen LogP contribution in [-0.4, -0.2) is 26.4 Å². The van der Waals surface area contributed by atoms with E-state index < -0.39 is 0 Å². The highest BCUT2D eigenvalue weighted by Gasteiger charge is 2.41. The summed E-state index contributed by atoms with van der Waals surface area (Å²) >= 11 is 1.35. The minimum absolute atomic E-state index is 0.00266. The van der Waals surface area contributed by atoms with Crippen LogP contribution in [0.4, 0.5) is 9.93 Å². The van der Waals surface area contributed by atoms with E-state index in [-0.39, 0.29) is 11.4 Å². The maximum atomic E-state index is 12.1. The smallest absolute Gasteiger partial charge is 0.333 e. The number of aromatic nitrogens is 3. The number of thiazole rings is 1. The Bertz CT molecular complexity index is 858. The molecular weight excluding hydrogens is 336 g/mol. The number of anilines is 1. The molecule has 0 aromatic carbocycles. The van der Waals surface area contributed by atoms with Crippen LogP contribution >= 0.6 is 11.3 Å². The first-order valence-electron chi connectivity index (χ1n) is 7.87. The third-order valence-corrected chi connectivity index (χ3v) is 5.21. The molecule has 0 radical (unpaired) electrons. The summed E-state index contributed by atoms with van der Waals surface area (Å²) in [6, 6.07) is -0.319. The third kappa shape index (κ3) is 3.69. The van der Waals surface area contributed by atoms with E-state index in [9.17, 15) is 4.79 Å². The zero-order chi connectivity index (χ0) is 18.0. The minimum Gasteiger partial charge on any atom is -0.387 e. The van der Waals surface area contributed by atoms with E-state index in [1.807, 2.05) is 6.92 Å². The lowest BCUT2D eigenvalue weighted by molar-refractivity contribution is 0.253. The molecule has 0 bridgehead atoms. The molecule has 1 saturated carbocycles. The van der Waals surface area contributed by atoms with Gasteiger partial charge in [0, 0.05) is 17.8 Å². The van der Waals surface area contributed by atoms with Crippen LogP contribution < -0.4 is 11.1 Å². The summed E-state index contributed by atoms with van der Waals surface area (Å²) in [7, 11) is 0. The number of hydrogen-bond acceptors (Lipinski definition) is 5. The molecule has 130 valence electrons. The molecular formula is C17H20N6OS. The minimum atomic E-state index is -0.319. The van der Waals surface area contributed by atoms with E-state index in [2.05, 4.69) is 33.8 Å². The summed E-state index contributed by atoms with van der Waals surface area (Å²) in [6.45, 7) is 7.73. The summed E-state index contributed by atoms with van der Waals surface area (Å²) in [4.78, 5) is 25.8. The Morgan fingerprint density at radius 3 is 2.92 bits per heavy atom. The molecule has 25 heavy (non-hydrogen) atoms. The zero-order valence-corrected chi connectivity index (χ0v) is 15.0. The summed E-state index contributed by atoms with van der Waals surface area (Å²) in [5.41, 5.74) is 7.64. The van der Waals surface area contributed by atoms with Crippen LogP contribution in [0.1, 0.15) is 30.3 Å². The normalized spacial score (nSPS) is 16.6. The van der Waals surface area contributed by atoms with Crippen molar-refractivity contribution < 1.29 is 4.79 Å². The molecule has 8 heteroatoms. The number of hydrogen-bond donors (Lipinski definition) is 2. The number of amides is 1. The van der Waals surface area contributed by atoms with Gasteiger partial charge in [-0.3, -0.25) is 9.88 Å². The van der Waals surface area contributed by atoms with E-state index in [1.165, 1.54) is 22.2 Å². The maximum absolute atomic E-state index is 12.1. The first-order valence-corrected chi connectivity index (χ1v) is 8.69. The standard InChI is InChI=1S/C17H20N6OS/c1-4-5-12(21-14(18)17(3)6-7-17)13-11(2)20-15(25-13)22-16(24)23-9-8-19-10-23/h4-5,8-10H,1,6-7H2,2-3H3,(H2,18,21)(H,20,22,24)/b12-5-. The highest BCUT2D eigenvalue weighted by Crippen LogP contribution is 2.45. The Kier molecular flexibility index (Phi) is 4.54. The van der Waals surface area contributed by atoms with Crippen molar-refractivity contribution in [2.45, 2.75) is 26.7 Å². The van der Waals surface area contributed by atoms with Crippen molar-refractivity contribution in [1.29, 1.82) is 0 Å². The first-order chi connectivity index (χ1) is 11.9. The van der Waals surface area contributed by atoms with Crippen molar-refractivity contribution in [3.05, 3.63) is 48.0 Å². The van der Waals surface area contributed by atoms with Crippen LogP contribution in [0.5, 0.6) is 0 Å². The van der Waals surface area contributed by atoms with E-state index in [1.54, 1.807) is 24.5 Å². The Hall–Kier alpha value is -2.74. The lowest BCUT2D eigenvalue weighted by atomic mass is 10.1. The van der Waals surface area contributed by atoms with Gasteiger partial charge in [0.2, 0.25) is 0 Å². The second kappa shape index (κ2) is 6.64. The fourth-order valence-electron chi connectivity index (χ4n) is 2.21. The van der Waals surface area contributed by atoms with Crippen molar-refractivity contribution in [2.75, 3.05) is 5.32 Å². The van der Waals surface area contributed by atoms with Gasteiger partial charge in [-0.15, -0.1) is 0 Å². The van der Waals surface area contributed by atoms with Crippen LogP contribution in [0.25, 0.3) is 5.70 Å². The number of amidine groups is 1. The summed E-state index contributed by atoms with van der Waals surface area (Å²) in [5.74, 6) is 0.623. The van der Waals surface area contributed by atoms with Gasteiger partial charge >= 0.3 is 6.03 Å². The number of nitrogens with two attached hydrogens (primary N) is 1. The SMILES string of the molecule is C=C/C=C(\N=C(/N)C1(C)CC1)c1sc(NC(=O)n2ccnc2)nc1C. The van der Waals surface area contributed by atoms with Gasteiger partial charge in [-0.1, -0.05) is 30.9 Å². The van der Waals surface area contributed by atoms with Crippen molar-refractivity contribution in [3.63, 3.8) is 0 Å². The van der Waals surface area contributed by atoms with E-state index in [0.717, 1.165) is 23.4 Å². The molecule has 2 heterocycles. The van der Waals surface area contributed by atoms with Crippen molar-refractivity contribution in [3.8, 4) is 0 Å². The zero-order valence-electron chi connectivity index (χ0n) is 14.2. The highest BCUT2D eigenvalue weighted by atomic mass is 32.1. The number of carbonyl (C=O) groups excluding carboxylic acids is 1. The molecule has 2 aromatic rings. The summed E-state index contributed by atoms with van der Waals surface area (Å²) < 4.78 is 1.35. The lowest BCUT2D eigenvalue weighted by Crippen LogP contribution is -2.22. The predicted octanol–water partition coefficient (Wildman–Crippen LogP) is 3.41.